The van der Waals surface area contributed by atoms with E-state index in [9.17, 15) is 0 Å². The average Bonchev–Trinajstić information content (AvgIpc) is 2.75. The molecule has 0 bridgehead atoms. The lowest BCUT2D eigenvalue weighted by atomic mass is 10.0. The zero-order chi connectivity index (χ0) is 11.0. The molecular formula is C14H9ClS. The van der Waals surface area contributed by atoms with Gasteiger partial charge >= 0.3 is 0 Å². The van der Waals surface area contributed by atoms with Gasteiger partial charge in [-0.25, -0.2) is 0 Å². The summed E-state index contributed by atoms with van der Waals surface area (Å²) in [6, 6.07) is 16.7. The van der Waals surface area contributed by atoms with Gasteiger partial charge in [-0.1, -0.05) is 54.1 Å². The van der Waals surface area contributed by atoms with Crippen LogP contribution in [0.1, 0.15) is 0 Å². The minimum Gasteiger partial charge on any atom is -0.142 e. The minimum atomic E-state index is 0.835. The van der Waals surface area contributed by atoms with Crippen LogP contribution in [0.4, 0.5) is 0 Å². The van der Waals surface area contributed by atoms with Crippen molar-refractivity contribution < 1.29 is 0 Å². The quantitative estimate of drug-likeness (QED) is 0.550. The molecule has 0 unspecified atom stereocenters. The normalized spacial score (nSPS) is 10.8. The summed E-state index contributed by atoms with van der Waals surface area (Å²) in [7, 11) is 0. The molecule has 0 radical (unpaired) electrons. The molecule has 0 aliphatic carbocycles. The predicted octanol–water partition coefficient (Wildman–Crippen LogP) is 5.22. The molecule has 0 saturated carbocycles. The van der Waals surface area contributed by atoms with Crippen molar-refractivity contribution in [3.05, 3.63) is 58.9 Å². The molecule has 0 atom stereocenters. The van der Waals surface area contributed by atoms with E-state index < -0.39 is 0 Å². The molecule has 78 valence electrons. The summed E-state index contributed by atoms with van der Waals surface area (Å²) in [5.74, 6) is 0. The fourth-order valence-electron chi connectivity index (χ4n) is 1.91. The van der Waals surface area contributed by atoms with Gasteiger partial charge in [-0.3, -0.25) is 0 Å². The maximum Gasteiger partial charge on any atom is 0.0592 e. The molecule has 3 aromatic rings. The van der Waals surface area contributed by atoms with Crippen LogP contribution in [0.5, 0.6) is 0 Å². The van der Waals surface area contributed by atoms with E-state index >= 15 is 0 Å². The topological polar surface area (TPSA) is 0 Å². The van der Waals surface area contributed by atoms with Crippen molar-refractivity contribution in [2.24, 2.45) is 0 Å². The van der Waals surface area contributed by atoms with E-state index in [1.807, 2.05) is 11.4 Å². The van der Waals surface area contributed by atoms with Gasteiger partial charge in [-0.15, -0.1) is 11.3 Å². The van der Waals surface area contributed by atoms with Gasteiger partial charge in [0, 0.05) is 5.56 Å². The van der Waals surface area contributed by atoms with Crippen molar-refractivity contribution in [3.63, 3.8) is 0 Å². The van der Waals surface area contributed by atoms with Crippen LogP contribution in [-0.4, -0.2) is 0 Å². The molecule has 0 amide bonds. The summed E-state index contributed by atoms with van der Waals surface area (Å²) < 4.78 is 0. The Balaban J connectivity index is 2.36. The van der Waals surface area contributed by atoms with Gasteiger partial charge in [0.1, 0.15) is 0 Å². The SMILES string of the molecule is Clc1ccsc1-c1cccc2ccccc12. The Morgan fingerprint density at radius 2 is 1.69 bits per heavy atom. The number of fused-ring (bicyclic) bond motifs is 1. The van der Waals surface area contributed by atoms with Crippen molar-refractivity contribution in [1.29, 1.82) is 0 Å². The molecule has 1 heterocycles. The first kappa shape index (κ1) is 9.88. The van der Waals surface area contributed by atoms with Gasteiger partial charge in [-0.2, -0.15) is 0 Å². The lowest BCUT2D eigenvalue weighted by Crippen LogP contribution is -1.77. The molecule has 0 spiro atoms. The second-order valence-corrected chi connectivity index (χ2v) is 4.95. The Morgan fingerprint density at radius 3 is 2.50 bits per heavy atom. The van der Waals surface area contributed by atoms with Crippen molar-refractivity contribution in [1.82, 2.24) is 0 Å². The van der Waals surface area contributed by atoms with Crippen LogP contribution < -0.4 is 0 Å². The molecular weight excluding hydrogens is 236 g/mol. The second-order valence-electron chi connectivity index (χ2n) is 3.62. The van der Waals surface area contributed by atoms with Crippen molar-refractivity contribution >= 4 is 33.7 Å². The molecule has 16 heavy (non-hydrogen) atoms. The predicted molar refractivity (Wildman–Crippen MR) is 72.3 cm³/mol. The van der Waals surface area contributed by atoms with Gasteiger partial charge in [0.15, 0.2) is 0 Å². The largest absolute Gasteiger partial charge is 0.142 e. The third kappa shape index (κ3) is 1.53. The number of hydrogen-bond acceptors (Lipinski definition) is 1. The molecule has 0 aliphatic rings. The number of thiophene rings is 1. The average molecular weight is 245 g/mol. The van der Waals surface area contributed by atoms with E-state index in [-0.39, 0.29) is 0 Å². The third-order valence-corrected chi connectivity index (χ3v) is 4.03. The highest BCUT2D eigenvalue weighted by molar-refractivity contribution is 7.14. The van der Waals surface area contributed by atoms with Crippen LogP contribution in [0.15, 0.2) is 53.9 Å². The smallest absolute Gasteiger partial charge is 0.0592 e. The van der Waals surface area contributed by atoms with Gasteiger partial charge < -0.3 is 0 Å². The van der Waals surface area contributed by atoms with Crippen LogP contribution in [0.2, 0.25) is 5.02 Å². The lowest BCUT2D eigenvalue weighted by molar-refractivity contribution is 1.74. The van der Waals surface area contributed by atoms with Crippen LogP contribution in [0.25, 0.3) is 21.2 Å². The molecule has 0 saturated heterocycles. The summed E-state index contributed by atoms with van der Waals surface area (Å²) in [4.78, 5) is 1.15. The Bertz CT molecular complexity index is 635. The first-order valence-electron chi connectivity index (χ1n) is 5.07. The minimum absolute atomic E-state index is 0.835. The molecule has 2 heteroatoms. The van der Waals surface area contributed by atoms with Gasteiger partial charge in [-0.05, 0) is 22.2 Å². The summed E-state index contributed by atoms with van der Waals surface area (Å²) >= 11 is 7.87. The van der Waals surface area contributed by atoms with Crippen molar-refractivity contribution in [2.45, 2.75) is 0 Å². The van der Waals surface area contributed by atoms with Crippen LogP contribution >= 0.6 is 22.9 Å². The van der Waals surface area contributed by atoms with Gasteiger partial charge in [0.2, 0.25) is 0 Å². The highest BCUT2D eigenvalue weighted by Gasteiger charge is 2.07. The number of halogens is 1. The summed E-state index contributed by atoms with van der Waals surface area (Å²) in [6.45, 7) is 0. The second kappa shape index (κ2) is 3.93. The monoisotopic (exact) mass is 244 g/mol. The van der Waals surface area contributed by atoms with Gasteiger partial charge in [0.05, 0.1) is 9.90 Å². The summed E-state index contributed by atoms with van der Waals surface area (Å²) in [5, 5.41) is 5.37. The zero-order valence-electron chi connectivity index (χ0n) is 8.48. The molecule has 0 fully saturated rings. The van der Waals surface area contributed by atoms with Gasteiger partial charge in [0.25, 0.3) is 0 Å². The Hall–Kier alpha value is -1.31. The highest BCUT2D eigenvalue weighted by Crippen LogP contribution is 2.37. The number of hydrogen-bond donors (Lipinski definition) is 0. The fourth-order valence-corrected chi connectivity index (χ4v) is 3.11. The first-order valence-corrected chi connectivity index (χ1v) is 6.33. The first-order chi connectivity index (χ1) is 7.86. The lowest BCUT2D eigenvalue weighted by Gasteiger charge is -2.04. The van der Waals surface area contributed by atoms with E-state index in [1.165, 1.54) is 16.3 Å². The molecule has 1 aromatic heterocycles. The summed E-state index contributed by atoms with van der Waals surface area (Å²) in [5.41, 5.74) is 1.22. The third-order valence-electron chi connectivity index (χ3n) is 2.65. The molecule has 2 aromatic carbocycles. The summed E-state index contributed by atoms with van der Waals surface area (Å²) in [6.07, 6.45) is 0. The van der Waals surface area contributed by atoms with Crippen LogP contribution in [0, 0.1) is 0 Å². The van der Waals surface area contributed by atoms with E-state index in [0.717, 1.165) is 9.90 Å². The fraction of sp³-hybridized carbons (Fsp3) is 0. The van der Waals surface area contributed by atoms with E-state index in [2.05, 4.69) is 42.5 Å². The molecule has 0 N–H and O–H groups in total. The maximum atomic E-state index is 6.19. The molecule has 3 rings (SSSR count). The Labute approximate surface area is 103 Å². The maximum absolute atomic E-state index is 6.19. The zero-order valence-corrected chi connectivity index (χ0v) is 10.1. The standard InChI is InChI=1S/C14H9ClS/c15-13-8-9-16-14(13)12-7-3-5-10-4-1-2-6-11(10)12/h1-9H. The van der Waals surface area contributed by atoms with Crippen LogP contribution in [0.3, 0.4) is 0 Å². The van der Waals surface area contributed by atoms with Crippen LogP contribution in [-0.2, 0) is 0 Å². The molecule has 0 aliphatic heterocycles. The Morgan fingerprint density at radius 1 is 0.875 bits per heavy atom. The van der Waals surface area contributed by atoms with E-state index in [0.29, 0.717) is 0 Å². The van der Waals surface area contributed by atoms with Crippen molar-refractivity contribution in [3.8, 4) is 10.4 Å². The molecule has 0 nitrogen and oxygen atoms in total. The highest BCUT2D eigenvalue weighted by atomic mass is 35.5. The Kier molecular flexibility index (Phi) is 2.43. The van der Waals surface area contributed by atoms with E-state index in [4.69, 9.17) is 11.6 Å². The number of benzene rings is 2. The van der Waals surface area contributed by atoms with E-state index in [1.54, 1.807) is 11.3 Å². The van der Waals surface area contributed by atoms with Crippen molar-refractivity contribution in [2.75, 3.05) is 0 Å². The number of rotatable bonds is 1.